The van der Waals surface area contributed by atoms with E-state index in [2.05, 4.69) is 14.9 Å². The normalized spacial score (nSPS) is 15.8. The lowest BCUT2D eigenvalue weighted by molar-refractivity contribution is -0.274. The Labute approximate surface area is 177 Å². The number of aromatic nitrogens is 1. The van der Waals surface area contributed by atoms with Crippen molar-refractivity contribution in [3.8, 4) is 22.1 Å². The molecule has 160 valence electrons. The maximum atomic E-state index is 12.2. The molecule has 3 heterocycles. The Morgan fingerprint density at radius 2 is 1.84 bits per heavy atom. The third-order valence-electron chi connectivity index (χ3n) is 4.17. The molecule has 1 N–H and O–H groups in total. The molecule has 2 aromatic heterocycles. The van der Waals surface area contributed by atoms with Gasteiger partial charge in [0.1, 0.15) is 16.4 Å². The van der Waals surface area contributed by atoms with Crippen molar-refractivity contribution in [1.82, 2.24) is 4.98 Å². The Balaban J connectivity index is 1.35. The molecule has 1 atom stereocenters. The van der Waals surface area contributed by atoms with E-state index in [0.717, 1.165) is 11.3 Å². The quantitative estimate of drug-likeness (QED) is 0.570. The van der Waals surface area contributed by atoms with Crippen LogP contribution in [0.15, 0.2) is 59.9 Å². The summed E-state index contributed by atoms with van der Waals surface area (Å²) in [4.78, 5) is 21.5. The summed E-state index contributed by atoms with van der Waals surface area (Å²) >= 11 is 1.12. The maximum Gasteiger partial charge on any atom is 0.573 e. The van der Waals surface area contributed by atoms with Crippen LogP contribution in [0, 0.1) is 0 Å². The van der Waals surface area contributed by atoms with Crippen molar-refractivity contribution >= 4 is 23.2 Å². The fraction of sp³-hybridized carbons (Fsp3) is 0.150. The van der Waals surface area contributed by atoms with Crippen LogP contribution in [0.4, 0.5) is 13.2 Å². The summed E-state index contributed by atoms with van der Waals surface area (Å²) in [5.41, 5.74) is 1.23. The van der Waals surface area contributed by atoms with Crippen LogP contribution in [0.25, 0.3) is 10.6 Å². The van der Waals surface area contributed by atoms with Crippen LogP contribution in [0.2, 0.25) is 0 Å². The Hall–Kier alpha value is -3.60. The van der Waals surface area contributed by atoms with Gasteiger partial charge >= 0.3 is 12.3 Å². The zero-order chi connectivity index (χ0) is 22.0. The number of carboxylic acid groups (broad SMARTS) is 1. The number of hydrogen-bond donors (Lipinski definition) is 1. The van der Waals surface area contributed by atoms with Crippen molar-refractivity contribution < 1.29 is 37.4 Å². The predicted molar refractivity (Wildman–Crippen MR) is 104 cm³/mol. The number of rotatable bonds is 5. The van der Waals surface area contributed by atoms with Crippen molar-refractivity contribution in [3.63, 3.8) is 0 Å². The van der Waals surface area contributed by atoms with Gasteiger partial charge in [-0.05, 0) is 42.0 Å². The van der Waals surface area contributed by atoms with Gasteiger partial charge in [-0.25, -0.2) is 4.79 Å². The minimum atomic E-state index is -4.75. The van der Waals surface area contributed by atoms with Gasteiger partial charge in [-0.1, -0.05) is 17.3 Å². The summed E-state index contributed by atoms with van der Waals surface area (Å²) in [5.74, 6) is -0.610. The average molecular weight is 450 g/mol. The van der Waals surface area contributed by atoms with Gasteiger partial charge in [-0.2, -0.15) is 0 Å². The Kier molecular flexibility index (Phi) is 5.51. The number of thiophene rings is 1. The summed E-state index contributed by atoms with van der Waals surface area (Å²) in [6, 6.07) is 11.9. The first-order valence-corrected chi connectivity index (χ1v) is 9.64. The zero-order valence-electron chi connectivity index (χ0n) is 15.5. The average Bonchev–Trinajstić information content (AvgIpc) is 3.38. The van der Waals surface area contributed by atoms with Crippen molar-refractivity contribution in [2.75, 3.05) is 0 Å². The molecule has 0 aliphatic carbocycles. The highest BCUT2D eigenvalue weighted by Crippen LogP contribution is 2.31. The predicted octanol–water partition coefficient (Wildman–Crippen LogP) is 5.26. The monoisotopic (exact) mass is 450 g/mol. The van der Waals surface area contributed by atoms with E-state index in [1.54, 1.807) is 18.2 Å². The molecule has 1 aliphatic rings. The van der Waals surface area contributed by atoms with Gasteiger partial charge in [0.05, 0.1) is 23.2 Å². The van der Waals surface area contributed by atoms with Gasteiger partial charge in [-0.15, -0.1) is 24.5 Å². The number of hydrogen-bond acceptors (Lipinski definition) is 7. The van der Waals surface area contributed by atoms with Crippen molar-refractivity contribution in [1.29, 1.82) is 0 Å². The molecule has 0 fully saturated rings. The highest BCUT2D eigenvalue weighted by Gasteiger charge is 2.31. The third-order valence-corrected chi connectivity index (χ3v) is 5.26. The number of nitrogens with zero attached hydrogens (tertiary/aromatic N) is 2. The van der Waals surface area contributed by atoms with Crippen molar-refractivity contribution in [2.24, 2.45) is 5.16 Å². The van der Waals surface area contributed by atoms with E-state index in [9.17, 15) is 18.0 Å². The van der Waals surface area contributed by atoms with E-state index < -0.39 is 18.4 Å². The number of oxime groups is 1. The van der Waals surface area contributed by atoms with E-state index in [0.29, 0.717) is 27.8 Å². The second-order valence-electron chi connectivity index (χ2n) is 6.35. The van der Waals surface area contributed by atoms with Gasteiger partial charge < -0.3 is 19.4 Å². The molecule has 31 heavy (non-hydrogen) atoms. The first-order chi connectivity index (χ1) is 14.8. The summed E-state index contributed by atoms with van der Waals surface area (Å²) in [6.07, 6.45) is -3.48. The third kappa shape index (κ3) is 5.12. The first kappa shape index (κ1) is 20.7. The van der Waals surface area contributed by atoms with Crippen LogP contribution in [0.3, 0.4) is 0 Å². The molecule has 1 unspecified atom stereocenters. The van der Waals surface area contributed by atoms with E-state index in [4.69, 9.17) is 14.7 Å². The van der Waals surface area contributed by atoms with Crippen LogP contribution in [0.5, 0.6) is 11.5 Å². The van der Waals surface area contributed by atoms with E-state index >= 15 is 0 Å². The standard InChI is InChI=1S/C20H13F3N2O5S/c21-20(22,23)29-12-3-1-11(2-4-12)15-9-18(25-30-15)28-13-5-6-14(24-10-13)16-7-8-17(31-16)19(26)27/h1-8,10,15H,9H2,(H,26,27). The number of ether oxygens (including phenoxy) is 2. The smallest absolute Gasteiger partial charge is 0.477 e. The lowest BCUT2D eigenvalue weighted by Gasteiger charge is -2.11. The van der Waals surface area contributed by atoms with Gasteiger partial charge in [0.15, 0.2) is 6.10 Å². The van der Waals surface area contributed by atoms with Gasteiger partial charge in [-0.3, -0.25) is 4.98 Å². The molecule has 11 heteroatoms. The van der Waals surface area contributed by atoms with E-state index in [1.165, 1.54) is 36.5 Å². The number of halogens is 3. The summed E-state index contributed by atoms with van der Waals surface area (Å²) in [6.45, 7) is 0. The second-order valence-corrected chi connectivity index (χ2v) is 7.43. The lowest BCUT2D eigenvalue weighted by atomic mass is 10.1. The van der Waals surface area contributed by atoms with Crippen LogP contribution in [-0.4, -0.2) is 28.3 Å². The van der Waals surface area contributed by atoms with Gasteiger partial charge in [0.2, 0.25) is 5.90 Å². The molecule has 3 aromatic rings. The first-order valence-electron chi connectivity index (χ1n) is 8.82. The van der Waals surface area contributed by atoms with Crippen LogP contribution < -0.4 is 9.47 Å². The van der Waals surface area contributed by atoms with Crippen LogP contribution >= 0.6 is 11.3 Å². The SMILES string of the molecule is O=C(O)c1ccc(-c2ccc(OC3=NOC(c4ccc(OC(F)(F)F)cc4)C3)cn2)s1. The van der Waals surface area contributed by atoms with Crippen LogP contribution in [0.1, 0.15) is 27.8 Å². The topological polar surface area (TPSA) is 90.2 Å². The Morgan fingerprint density at radius 3 is 2.45 bits per heavy atom. The minimum absolute atomic E-state index is 0.221. The molecule has 1 aliphatic heterocycles. The molecule has 0 saturated carbocycles. The fourth-order valence-electron chi connectivity index (χ4n) is 2.79. The molecular weight excluding hydrogens is 437 g/mol. The van der Waals surface area contributed by atoms with E-state index in [-0.39, 0.29) is 17.0 Å². The van der Waals surface area contributed by atoms with Crippen molar-refractivity contribution in [2.45, 2.75) is 18.9 Å². The van der Waals surface area contributed by atoms with Gasteiger partial charge in [0.25, 0.3) is 0 Å². The number of carbonyl (C=O) groups is 1. The summed E-state index contributed by atoms with van der Waals surface area (Å²) < 4.78 is 46.2. The number of carboxylic acids is 1. The zero-order valence-corrected chi connectivity index (χ0v) is 16.3. The van der Waals surface area contributed by atoms with Crippen LogP contribution in [-0.2, 0) is 4.84 Å². The molecule has 0 spiro atoms. The summed E-state index contributed by atoms with van der Waals surface area (Å²) in [7, 11) is 0. The molecular formula is C20H13F3N2O5S. The Morgan fingerprint density at radius 1 is 1.10 bits per heavy atom. The lowest BCUT2D eigenvalue weighted by Crippen LogP contribution is -2.17. The molecule has 0 saturated heterocycles. The van der Waals surface area contributed by atoms with Gasteiger partial charge in [0, 0.05) is 0 Å². The number of aromatic carboxylic acids is 1. The van der Waals surface area contributed by atoms with E-state index in [1.807, 2.05) is 0 Å². The Bertz CT molecular complexity index is 1110. The molecule has 4 rings (SSSR count). The molecule has 1 aromatic carbocycles. The molecule has 7 nitrogen and oxygen atoms in total. The second kappa shape index (κ2) is 8.26. The number of pyridine rings is 1. The number of benzene rings is 1. The minimum Gasteiger partial charge on any atom is -0.477 e. The molecule has 0 bridgehead atoms. The fourth-order valence-corrected chi connectivity index (χ4v) is 3.61. The largest absolute Gasteiger partial charge is 0.573 e. The highest BCUT2D eigenvalue weighted by molar-refractivity contribution is 7.17. The summed E-state index contributed by atoms with van der Waals surface area (Å²) in [5, 5.41) is 12.9. The molecule has 0 radical (unpaired) electrons. The number of alkyl halides is 3. The molecule has 0 amide bonds. The van der Waals surface area contributed by atoms with Crippen molar-refractivity contribution in [3.05, 3.63) is 65.2 Å². The highest BCUT2D eigenvalue weighted by atomic mass is 32.1. The maximum absolute atomic E-state index is 12.2.